The number of aromatic nitrogens is 2. The van der Waals surface area contributed by atoms with E-state index >= 15 is 0 Å². The molecule has 0 spiro atoms. The van der Waals surface area contributed by atoms with Gasteiger partial charge in [-0.1, -0.05) is 12.1 Å². The molecule has 0 radical (unpaired) electrons. The van der Waals surface area contributed by atoms with Gasteiger partial charge in [-0.05, 0) is 55.8 Å². The minimum absolute atomic E-state index is 0.0231. The Morgan fingerprint density at radius 1 is 1.19 bits per heavy atom. The highest BCUT2D eigenvalue weighted by Crippen LogP contribution is 2.39. The Kier molecular flexibility index (Phi) is 5.62. The van der Waals surface area contributed by atoms with Gasteiger partial charge in [0.1, 0.15) is 23.4 Å². The fourth-order valence-electron chi connectivity index (χ4n) is 3.70. The normalized spacial score (nSPS) is 14.7. The number of rotatable bonds is 7. The summed E-state index contributed by atoms with van der Waals surface area (Å²) in [6.45, 7) is 4.36. The molecule has 4 rings (SSSR count). The number of fused-ring (bicyclic) bond motifs is 1. The number of carbonyl (C=O) groups excluding carboxylic acids is 2. The van der Waals surface area contributed by atoms with E-state index in [2.05, 4.69) is 15.7 Å². The highest BCUT2D eigenvalue weighted by Gasteiger charge is 2.36. The fourth-order valence-corrected chi connectivity index (χ4v) is 3.70. The van der Waals surface area contributed by atoms with Crippen LogP contribution in [0.2, 0.25) is 0 Å². The number of nitrogens with one attached hydrogen (secondary N) is 2. The number of carbonyl (C=O) groups is 2. The number of aryl methyl sites for hydroxylation is 1. The third kappa shape index (κ3) is 4.09. The Morgan fingerprint density at radius 3 is 2.68 bits per heavy atom. The summed E-state index contributed by atoms with van der Waals surface area (Å²) in [5, 5.41) is 10.3. The van der Waals surface area contributed by atoms with Crippen LogP contribution in [0, 0.1) is 6.92 Å². The summed E-state index contributed by atoms with van der Waals surface area (Å²) >= 11 is 0. The van der Waals surface area contributed by atoms with E-state index in [1.807, 2.05) is 38.1 Å². The molecular weight excluding hydrogens is 396 g/mol. The second-order valence-electron chi connectivity index (χ2n) is 7.20. The van der Waals surface area contributed by atoms with Crippen molar-refractivity contribution in [2.75, 3.05) is 24.4 Å². The van der Waals surface area contributed by atoms with Crippen molar-refractivity contribution in [2.45, 2.75) is 26.3 Å². The molecule has 0 saturated carbocycles. The average molecular weight is 420 g/mol. The molecule has 0 fully saturated rings. The van der Waals surface area contributed by atoms with E-state index < -0.39 is 6.04 Å². The Morgan fingerprint density at radius 2 is 1.97 bits per heavy atom. The molecule has 2 amide bonds. The van der Waals surface area contributed by atoms with Gasteiger partial charge in [0.25, 0.3) is 5.91 Å². The monoisotopic (exact) mass is 420 g/mol. The molecule has 1 aliphatic heterocycles. The number of amides is 2. The number of hydrogen-bond acceptors (Lipinski definition) is 5. The first-order valence-electron chi connectivity index (χ1n) is 10.1. The van der Waals surface area contributed by atoms with Crippen molar-refractivity contribution in [3.05, 3.63) is 54.2 Å². The summed E-state index contributed by atoms with van der Waals surface area (Å²) in [6.07, 6.45) is -0.0231. The van der Waals surface area contributed by atoms with Crippen molar-refractivity contribution in [3.63, 3.8) is 0 Å². The van der Waals surface area contributed by atoms with Crippen LogP contribution in [0.3, 0.4) is 0 Å². The molecule has 0 bridgehead atoms. The van der Waals surface area contributed by atoms with Gasteiger partial charge in [0, 0.05) is 11.3 Å². The van der Waals surface area contributed by atoms with Crippen LogP contribution in [0.4, 0.5) is 11.5 Å². The number of benzene rings is 2. The molecule has 0 aliphatic carbocycles. The molecule has 2 aromatic carbocycles. The number of nitrogens with zero attached hydrogens (tertiary/aromatic N) is 2. The minimum atomic E-state index is -0.712. The first-order chi connectivity index (χ1) is 15.0. The maximum atomic E-state index is 12.6. The van der Waals surface area contributed by atoms with Crippen molar-refractivity contribution in [1.29, 1.82) is 0 Å². The molecule has 1 aliphatic rings. The first-order valence-corrected chi connectivity index (χ1v) is 10.1. The highest BCUT2D eigenvalue weighted by atomic mass is 16.5. The fraction of sp³-hybridized carbons (Fsp3) is 0.261. The second kappa shape index (κ2) is 8.51. The summed E-state index contributed by atoms with van der Waals surface area (Å²) in [6, 6.07) is 14.0. The predicted molar refractivity (Wildman–Crippen MR) is 117 cm³/mol. The van der Waals surface area contributed by atoms with E-state index in [0.29, 0.717) is 23.9 Å². The van der Waals surface area contributed by atoms with Gasteiger partial charge in [-0.3, -0.25) is 9.59 Å². The van der Waals surface area contributed by atoms with Crippen molar-refractivity contribution in [3.8, 4) is 22.6 Å². The molecule has 0 saturated heterocycles. The van der Waals surface area contributed by atoms with Gasteiger partial charge in [0.05, 0.1) is 25.8 Å². The van der Waals surface area contributed by atoms with Gasteiger partial charge >= 0.3 is 0 Å². The molecule has 31 heavy (non-hydrogen) atoms. The lowest BCUT2D eigenvalue weighted by molar-refractivity contribution is -0.123. The van der Waals surface area contributed by atoms with Gasteiger partial charge in [-0.15, -0.1) is 0 Å². The van der Waals surface area contributed by atoms with Gasteiger partial charge in [0.15, 0.2) is 0 Å². The average Bonchev–Trinajstić information content (AvgIpc) is 3.23. The SMILES string of the molecule is CCOc1ccc(NC(=O)CC2C(=O)Nc3c(-c4cccc(OC)c4)c(C)nn32)cc1. The molecule has 2 N–H and O–H groups in total. The minimum Gasteiger partial charge on any atom is -0.497 e. The zero-order valence-electron chi connectivity index (χ0n) is 17.6. The largest absolute Gasteiger partial charge is 0.497 e. The van der Waals surface area contributed by atoms with E-state index in [1.165, 1.54) is 0 Å². The van der Waals surface area contributed by atoms with Crippen molar-refractivity contribution >= 4 is 23.3 Å². The lowest BCUT2D eigenvalue weighted by Crippen LogP contribution is -2.23. The highest BCUT2D eigenvalue weighted by molar-refractivity contribution is 6.04. The van der Waals surface area contributed by atoms with Crippen LogP contribution in [0.25, 0.3) is 11.1 Å². The van der Waals surface area contributed by atoms with Gasteiger partial charge in [-0.25, -0.2) is 4.68 Å². The van der Waals surface area contributed by atoms with Crippen LogP contribution in [-0.4, -0.2) is 35.3 Å². The van der Waals surface area contributed by atoms with E-state index in [0.717, 1.165) is 22.6 Å². The maximum Gasteiger partial charge on any atom is 0.251 e. The molecule has 8 nitrogen and oxygen atoms in total. The Balaban J connectivity index is 1.53. The summed E-state index contributed by atoms with van der Waals surface area (Å²) in [7, 11) is 1.61. The van der Waals surface area contributed by atoms with E-state index in [4.69, 9.17) is 9.47 Å². The number of hydrogen-bond donors (Lipinski definition) is 2. The predicted octanol–water partition coefficient (Wildman–Crippen LogP) is 3.79. The Hall–Kier alpha value is -3.81. The molecule has 2 heterocycles. The van der Waals surface area contributed by atoms with Crippen LogP contribution >= 0.6 is 0 Å². The molecule has 8 heteroatoms. The van der Waals surface area contributed by atoms with Gasteiger partial charge < -0.3 is 20.1 Å². The summed E-state index contributed by atoms with van der Waals surface area (Å²) < 4.78 is 12.3. The third-order valence-electron chi connectivity index (χ3n) is 5.11. The van der Waals surface area contributed by atoms with Crippen molar-refractivity contribution in [1.82, 2.24) is 9.78 Å². The van der Waals surface area contributed by atoms with E-state index in [9.17, 15) is 9.59 Å². The molecule has 1 atom stereocenters. The van der Waals surface area contributed by atoms with E-state index in [1.54, 1.807) is 36.1 Å². The summed E-state index contributed by atoms with van der Waals surface area (Å²) in [4.78, 5) is 25.2. The number of anilines is 2. The van der Waals surface area contributed by atoms with E-state index in [-0.39, 0.29) is 18.2 Å². The molecule has 1 aromatic heterocycles. The lowest BCUT2D eigenvalue weighted by Gasteiger charge is -2.10. The van der Waals surface area contributed by atoms with Gasteiger partial charge in [-0.2, -0.15) is 5.10 Å². The molecule has 3 aromatic rings. The molecule has 160 valence electrons. The zero-order valence-corrected chi connectivity index (χ0v) is 17.6. The molecular formula is C23H24N4O4. The van der Waals surface area contributed by atoms with Crippen LogP contribution in [0.15, 0.2) is 48.5 Å². The second-order valence-corrected chi connectivity index (χ2v) is 7.20. The van der Waals surface area contributed by atoms with Crippen LogP contribution in [-0.2, 0) is 9.59 Å². The Labute approximate surface area is 180 Å². The lowest BCUT2D eigenvalue weighted by atomic mass is 10.1. The Bertz CT molecular complexity index is 1120. The summed E-state index contributed by atoms with van der Waals surface area (Å²) in [5.74, 6) is 1.52. The van der Waals surface area contributed by atoms with Crippen molar-refractivity contribution in [2.24, 2.45) is 0 Å². The standard InChI is InChI=1S/C23H24N4O4/c1-4-31-17-10-8-16(9-11-17)24-20(28)13-19-23(29)25-22-21(14(2)26-27(19)22)15-6-5-7-18(12-15)30-3/h5-12,19H,4,13H2,1-3H3,(H,24,28)(H,25,29). The van der Waals surface area contributed by atoms with Gasteiger partial charge in [0.2, 0.25) is 5.91 Å². The molecule has 1 unspecified atom stereocenters. The topological polar surface area (TPSA) is 94.5 Å². The van der Waals surface area contributed by atoms with Crippen molar-refractivity contribution < 1.29 is 19.1 Å². The van der Waals surface area contributed by atoms with Crippen LogP contribution in [0.1, 0.15) is 25.1 Å². The van der Waals surface area contributed by atoms with Crippen LogP contribution in [0.5, 0.6) is 11.5 Å². The number of methoxy groups -OCH3 is 1. The summed E-state index contributed by atoms with van der Waals surface area (Å²) in [5.41, 5.74) is 3.11. The third-order valence-corrected chi connectivity index (χ3v) is 5.11. The maximum absolute atomic E-state index is 12.6. The number of ether oxygens (including phenoxy) is 2. The quantitative estimate of drug-likeness (QED) is 0.607. The van der Waals surface area contributed by atoms with Crippen LogP contribution < -0.4 is 20.1 Å². The smallest absolute Gasteiger partial charge is 0.251 e. The zero-order chi connectivity index (χ0) is 22.0. The first kappa shape index (κ1) is 20.5.